The van der Waals surface area contributed by atoms with E-state index in [-0.39, 0.29) is 10.7 Å². The first-order valence-electron chi connectivity index (χ1n) is 4.34. The van der Waals surface area contributed by atoms with E-state index in [1.165, 1.54) is 0 Å². The Bertz CT molecular complexity index is 436. The third-order valence-electron chi connectivity index (χ3n) is 1.92. The highest BCUT2D eigenvalue weighted by atomic mass is 35.5. The Morgan fingerprint density at radius 3 is 2.59 bits per heavy atom. The van der Waals surface area contributed by atoms with Crippen LogP contribution in [0.15, 0.2) is 12.3 Å². The lowest BCUT2D eigenvalue weighted by molar-refractivity contribution is -0.139. The van der Waals surface area contributed by atoms with Crippen LogP contribution in [-0.4, -0.2) is 21.2 Å². The van der Waals surface area contributed by atoms with E-state index < -0.39 is 30.2 Å². The molecule has 17 heavy (non-hydrogen) atoms. The zero-order valence-corrected chi connectivity index (χ0v) is 8.96. The predicted octanol–water partition coefficient (Wildman–Crippen LogP) is 2.26. The van der Waals surface area contributed by atoms with Gasteiger partial charge < -0.3 is 10.2 Å². The number of aromatic nitrogens is 1. The van der Waals surface area contributed by atoms with E-state index in [1.54, 1.807) is 0 Å². The van der Waals surface area contributed by atoms with Gasteiger partial charge >= 0.3 is 12.1 Å². The highest BCUT2D eigenvalue weighted by molar-refractivity contribution is 6.30. The van der Waals surface area contributed by atoms with Gasteiger partial charge in [-0.3, -0.25) is 4.79 Å². The van der Waals surface area contributed by atoms with Crippen LogP contribution in [0.5, 0.6) is 0 Å². The lowest BCUT2D eigenvalue weighted by atomic mass is 10.1. The van der Waals surface area contributed by atoms with Gasteiger partial charge in [-0.25, -0.2) is 4.98 Å². The molecule has 0 aromatic carbocycles. The summed E-state index contributed by atoms with van der Waals surface area (Å²) < 4.78 is 37.0. The van der Waals surface area contributed by atoms with E-state index in [0.717, 1.165) is 0 Å². The number of alkyl halides is 3. The number of nitrogens with zero attached hydrogens (tertiary/aromatic N) is 1. The first-order chi connectivity index (χ1) is 7.71. The predicted molar refractivity (Wildman–Crippen MR) is 51.5 cm³/mol. The van der Waals surface area contributed by atoms with Gasteiger partial charge in [0.25, 0.3) is 0 Å². The average Bonchev–Trinajstić information content (AvgIpc) is 2.15. The largest absolute Gasteiger partial charge is 0.481 e. The van der Waals surface area contributed by atoms with Crippen molar-refractivity contribution in [3.8, 4) is 0 Å². The molecule has 1 unspecified atom stereocenters. The molecule has 0 aliphatic heterocycles. The van der Waals surface area contributed by atoms with Gasteiger partial charge in [-0.1, -0.05) is 11.6 Å². The Kier molecular flexibility index (Phi) is 3.94. The van der Waals surface area contributed by atoms with E-state index in [4.69, 9.17) is 16.7 Å². The van der Waals surface area contributed by atoms with Crippen LogP contribution < -0.4 is 0 Å². The molecule has 8 heteroatoms. The Balaban J connectivity index is 3.10. The molecule has 1 rings (SSSR count). The molecule has 2 N–H and O–H groups in total. The molecule has 0 amide bonds. The van der Waals surface area contributed by atoms with Crippen molar-refractivity contribution in [3.63, 3.8) is 0 Å². The zero-order chi connectivity index (χ0) is 13.2. The minimum atomic E-state index is -4.63. The van der Waals surface area contributed by atoms with Gasteiger partial charge in [-0.05, 0) is 6.07 Å². The average molecular weight is 270 g/mol. The number of rotatable bonds is 3. The summed E-state index contributed by atoms with van der Waals surface area (Å²) in [7, 11) is 0. The van der Waals surface area contributed by atoms with Crippen molar-refractivity contribution in [2.75, 3.05) is 0 Å². The number of carbonyl (C=O) groups is 1. The smallest absolute Gasteiger partial charge is 0.417 e. The molecule has 0 fully saturated rings. The molecule has 0 saturated heterocycles. The Morgan fingerprint density at radius 1 is 1.53 bits per heavy atom. The van der Waals surface area contributed by atoms with Crippen LogP contribution in [0.2, 0.25) is 5.15 Å². The van der Waals surface area contributed by atoms with Crippen molar-refractivity contribution in [1.29, 1.82) is 0 Å². The van der Waals surface area contributed by atoms with Gasteiger partial charge in [0.15, 0.2) is 0 Å². The highest BCUT2D eigenvalue weighted by Gasteiger charge is 2.32. The topological polar surface area (TPSA) is 70.4 Å². The van der Waals surface area contributed by atoms with E-state index in [9.17, 15) is 23.1 Å². The van der Waals surface area contributed by atoms with Crippen molar-refractivity contribution in [2.45, 2.75) is 18.7 Å². The molecule has 1 aromatic rings. The van der Waals surface area contributed by atoms with Crippen molar-refractivity contribution < 1.29 is 28.2 Å². The second kappa shape index (κ2) is 4.89. The van der Waals surface area contributed by atoms with Crippen LogP contribution in [0.4, 0.5) is 13.2 Å². The molecular weight excluding hydrogens is 263 g/mol. The highest BCUT2D eigenvalue weighted by Crippen LogP contribution is 2.33. The van der Waals surface area contributed by atoms with Crippen LogP contribution in [0.25, 0.3) is 0 Å². The lowest BCUT2D eigenvalue weighted by Gasteiger charge is -2.13. The van der Waals surface area contributed by atoms with E-state index in [1.807, 2.05) is 0 Å². The van der Waals surface area contributed by atoms with Crippen LogP contribution >= 0.6 is 11.6 Å². The van der Waals surface area contributed by atoms with Crippen molar-refractivity contribution in [2.24, 2.45) is 0 Å². The van der Waals surface area contributed by atoms with Crippen LogP contribution in [0.1, 0.15) is 23.7 Å². The van der Waals surface area contributed by atoms with E-state index in [2.05, 4.69) is 4.98 Å². The van der Waals surface area contributed by atoms with Crippen LogP contribution in [0, 0.1) is 0 Å². The van der Waals surface area contributed by atoms with Crippen molar-refractivity contribution >= 4 is 17.6 Å². The maximum Gasteiger partial charge on any atom is 0.417 e. The van der Waals surface area contributed by atoms with Crippen molar-refractivity contribution in [1.82, 2.24) is 4.98 Å². The summed E-state index contributed by atoms with van der Waals surface area (Å²) in [6.45, 7) is 0. The molecule has 0 aliphatic rings. The van der Waals surface area contributed by atoms with Crippen LogP contribution in [-0.2, 0) is 11.0 Å². The van der Waals surface area contributed by atoms with E-state index in [0.29, 0.717) is 12.3 Å². The van der Waals surface area contributed by atoms with E-state index >= 15 is 0 Å². The first-order valence-corrected chi connectivity index (χ1v) is 4.72. The monoisotopic (exact) mass is 269 g/mol. The fraction of sp³-hybridized carbons (Fsp3) is 0.333. The molecule has 0 spiro atoms. The first kappa shape index (κ1) is 13.7. The SMILES string of the molecule is O=C(O)CC(O)c1cc(C(F)(F)F)cnc1Cl. The number of hydrogen-bond acceptors (Lipinski definition) is 3. The normalized spacial score (nSPS) is 13.5. The second-order valence-corrected chi connectivity index (χ2v) is 3.57. The van der Waals surface area contributed by atoms with Crippen molar-refractivity contribution in [3.05, 3.63) is 28.5 Å². The number of carboxylic acid groups (broad SMARTS) is 1. The quantitative estimate of drug-likeness (QED) is 0.826. The molecule has 94 valence electrons. The summed E-state index contributed by atoms with van der Waals surface area (Å²) in [5.41, 5.74) is -1.45. The number of pyridine rings is 1. The van der Waals surface area contributed by atoms with Gasteiger partial charge in [0.2, 0.25) is 0 Å². The van der Waals surface area contributed by atoms with Gasteiger partial charge in [-0.2, -0.15) is 13.2 Å². The third kappa shape index (κ3) is 3.57. The molecular formula is C9H7ClF3NO3. The fourth-order valence-corrected chi connectivity index (χ4v) is 1.36. The minimum Gasteiger partial charge on any atom is -0.481 e. The maximum absolute atomic E-state index is 12.3. The Labute approximate surface area is 98.7 Å². The van der Waals surface area contributed by atoms with Gasteiger partial charge in [0.1, 0.15) is 5.15 Å². The summed E-state index contributed by atoms with van der Waals surface area (Å²) in [4.78, 5) is 13.6. The summed E-state index contributed by atoms with van der Waals surface area (Å²) in [5.74, 6) is -1.36. The summed E-state index contributed by atoms with van der Waals surface area (Å²) in [6, 6.07) is 0.586. The van der Waals surface area contributed by atoms with Gasteiger partial charge in [-0.15, -0.1) is 0 Å². The van der Waals surface area contributed by atoms with Gasteiger partial charge in [0, 0.05) is 11.8 Å². The molecule has 1 atom stereocenters. The molecule has 1 heterocycles. The lowest BCUT2D eigenvalue weighted by Crippen LogP contribution is -2.11. The number of hydrogen-bond donors (Lipinski definition) is 2. The number of aliphatic carboxylic acids is 1. The zero-order valence-electron chi connectivity index (χ0n) is 8.20. The molecule has 0 aliphatic carbocycles. The second-order valence-electron chi connectivity index (χ2n) is 3.22. The van der Waals surface area contributed by atoms with Crippen LogP contribution in [0.3, 0.4) is 0 Å². The third-order valence-corrected chi connectivity index (χ3v) is 2.24. The molecule has 0 radical (unpaired) electrons. The summed E-state index contributed by atoms with van der Waals surface area (Å²) in [5, 5.41) is 17.5. The molecule has 0 saturated carbocycles. The summed E-state index contributed by atoms with van der Waals surface area (Å²) >= 11 is 5.49. The Hall–Kier alpha value is -1.34. The number of carboxylic acids is 1. The summed E-state index contributed by atoms with van der Waals surface area (Å²) in [6.07, 6.45) is -6.49. The number of halogens is 4. The fourth-order valence-electron chi connectivity index (χ4n) is 1.13. The molecule has 1 aromatic heterocycles. The van der Waals surface area contributed by atoms with Gasteiger partial charge in [0.05, 0.1) is 18.1 Å². The molecule has 4 nitrogen and oxygen atoms in total. The standard InChI is InChI=1S/C9H7ClF3NO3/c10-8-5(6(15)2-7(16)17)1-4(3-14-8)9(11,12)13/h1,3,6,15H,2H2,(H,16,17). The Morgan fingerprint density at radius 2 is 2.12 bits per heavy atom. The molecule has 0 bridgehead atoms. The number of aliphatic hydroxyl groups is 1. The minimum absolute atomic E-state index is 0.355. The number of aliphatic hydroxyl groups excluding tert-OH is 1. The maximum atomic E-state index is 12.3.